The Bertz CT molecular complexity index is 279. The highest BCUT2D eigenvalue weighted by molar-refractivity contribution is 9.10. The van der Waals surface area contributed by atoms with E-state index in [2.05, 4.69) is 29.8 Å². The van der Waals surface area contributed by atoms with Crippen LogP contribution in [0.2, 0.25) is 0 Å². The van der Waals surface area contributed by atoms with Crippen LogP contribution in [0, 0.1) is 5.92 Å². The van der Waals surface area contributed by atoms with Crippen molar-refractivity contribution in [2.75, 3.05) is 0 Å². The summed E-state index contributed by atoms with van der Waals surface area (Å²) < 4.78 is 6.42. The molecule has 0 saturated carbocycles. The van der Waals surface area contributed by atoms with Crippen molar-refractivity contribution >= 4 is 15.9 Å². The SMILES string of the molecule is CCCC(CCC)C(N)c1occc1Br. The van der Waals surface area contributed by atoms with Crippen molar-refractivity contribution in [2.24, 2.45) is 11.7 Å². The Balaban J connectivity index is 2.71. The fourth-order valence-corrected chi connectivity index (χ4v) is 2.47. The molecule has 0 spiro atoms. The first kappa shape index (κ1) is 12.8. The molecule has 3 heteroatoms. The minimum absolute atomic E-state index is 0.0225. The largest absolute Gasteiger partial charge is 0.466 e. The normalized spacial score (nSPS) is 13.4. The van der Waals surface area contributed by atoms with Gasteiger partial charge in [-0.3, -0.25) is 0 Å². The van der Waals surface area contributed by atoms with Gasteiger partial charge < -0.3 is 10.2 Å². The summed E-state index contributed by atoms with van der Waals surface area (Å²) in [6.07, 6.45) is 6.38. The van der Waals surface area contributed by atoms with Crippen molar-refractivity contribution in [1.82, 2.24) is 0 Å². The van der Waals surface area contributed by atoms with Crippen molar-refractivity contribution < 1.29 is 4.42 Å². The van der Waals surface area contributed by atoms with Crippen molar-refractivity contribution in [3.63, 3.8) is 0 Å². The van der Waals surface area contributed by atoms with E-state index in [-0.39, 0.29) is 6.04 Å². The maximum atomic E-state index is 6.23. The van der Waals surface area contributed by atoms with E-state index < -0.39 is 0 Å². The van der Waals surface area contributed by atoms with Crippen molar-refractivity contribution in [1.29, 1.82) is 0 Å². The zero-order chi connectivity index (χ0) is 11.3. The highest BCUT2D eigenvalue weighted by Crippen LogP contribution is 2.32. The molecule has 0 aliphatic carbocycles. The lowest BCUT2D eigenvalue weighted by atomic mass is 9.89. The van der Waals surface area contributed by atoms with Crippen LogP contribution in [0.5, 0.6) is 0 Å². The molecular formula is C12H20BrNO. The van der Waals surface area contributed by atoms with E-state index in [1.54, 1.807) is 6.26 Å². The molecule has 1 aromatic rings. The number of hydrogen-bond acceptors (Lipinski definition) is 2. The molecule has 1 atom stereocenters. The highest BCUT2D eigenvalue weighted by atomic mass is 79.9. The zero-order valence-corrected chi connectivity index (χ0v) is 11.1. The summed E-state index contributed by atoms with van der Waals surface area (Å²) in [5.41, 5.74) is 6.23. The molecule has 0 saturated heterocycles. The van der Waals surface area contributed by atoms with Gasteiger partial charge in [0.05, 0.1) is 16.8 Å². The monoisotopic (exact) mass is 273 g/mol. The second kappa shape index (κ2) is 6.33. The van der Waals surface area contributed by atoms with Gasteiger partial charge in [-0.25, -0.2) is 0 Å². The van der Waals surface area contributed by atoms with Crippen LogP contribution in [-0.2, 0) is 0 Å². The molecule has 15 heavy (non-hydrogen) atoms. The van der Waals surface area contributed by atoms with E-state index in [1.807, 2.05) is 6.07 Å². The quantitative estimate of drug-likeness (QED) is 0.841. The van der Waals surface area contributed by atoms with Crippen LogP contribution < -0.4 is 5.73 Å². The number of rotatable bonds is 6. The lowest BCUT2D eigenvalue weighted by molar-refractivity contribution is 0.322. The van der Waals surface area contributed by atoms with E-state index in [0.717, 1.165) is 10.2 Å². The predicted molar refractivity (Wildman–Crippen MR) is 66.6 cm³/mol. The first-order chi connectivity index (χ1) is 7.20. The van der Waals surface area contributed by atoms with Crippen LogP contribution in [0.15, 0.2) is 21.2 Å². The van der Waals surface area contributed by atoms with E-state index >= 15 is 0 Å². The molecule has 1 rings (SSSR count). The second-order valence-electron chi connectivity index (χ2n) is 4.00. The van der Waals surface area contributed by atoms with Gasteiger partial charge in [0.15, 0.2) is 0 Å². The Labute approximate surface area is 100 Å². The van der Waals surface area contributed by atoms with Gasteiger partial charge in [0.1, 0.15) is 5.76 Å². The predicted octanol–water partition coefficient (Wildman–Crippen LogP) is 4.26. The Kier molecular flexibility index (Phi) is 5.40. The molecule has 0 aliphatic rings. The van der Waals surface area contributed by atoms with Crippen LogP contribution in [0.3, 0.4) is 0 Å². The molecule has 2 nitrogen and oxygen atoms in total. The van der Waals surface area contributed by atoms with E-state index in [9.17, 15) is 0 Å². The van der Waals surface area contributed by atoms with E-state index in [4.69, 9.17) is 10.2 Å². The molecule has 0 radical (unpaired) electrons. The Morgan fingerprint density at radius 3 is 2.33 bits per heavy atom. The average molecular weight is 274 g/mol. The number of nitrogens with two attached hydrogens (primary N) is 1. The van der Waals surface area contributed by atoms with Gasteiger partial charge in [0, 0.05) is 0 Å². The van der Waals surface area contributed by atoms with E-state index in [0.29, 0.717) is 5.92 Å². The molecule has 0 bridgehead atoms. The third-order valence-electron chi connectivity index (χ3n) is 2.77. The molecule has 1 heterocycles. The van der Waals surface area contributed by atoms with Crippen molar-refractivity contribution in [3.05, 3.63) is 22.6 Å². The summed E-state index contributed by atoms with van der Waals surface area (Å²) in [6.45, 7) is 4.40. The third kappa shape index (κ3) is 3.35. The van der Waals surface area contributed by atoms with Gasteiger partial charge in [-0.05, 0) is 40.8 Å². The van der Waals surface area contributed by atoms with Crippen LogP contribution in [0.25, 0.3) is 0 Å². The summed E-state index contributed by atoms with van der Waals surface area (Å²) in [7, 11) is 0. The van der Waals surface area contributed by atoms with E-state index in [1.165, 1.54) is 25.7 Å². The van der Waals surface area contributed by atoms with Crippen LogP contribution in [0.1, 0.15) is 51.3 Å². The van der Waals surface area contributed by atoms with Gasteiger partial charge in [-0.2, -0.15) is 0 Å². The van der Waals surface area contributed by atoms with Crippen molar-refractivity contribution in [3.8, 4) is 0 Å². The number of furan rings is 1. The minimum atomic E-state index is 0.0225. The number of halogens is 1. The van der Waals surface area contributed by atoms with Crippen LogP contribution in [-0.4, -0.2) is 0 Å². The molecule has 2 N–H and O–H groups in total. The smallest absolute Gasteiger partial charge is 0.134 e. The van der Waals surface area contributed by atoms with Crippen LogP contribution >= 0.6 is 15.9 Å². The minimum Gasteiger partial charge on any atom is -0.466 e. The standard InChI is InChI=1S/C12H20BrNO/c1-3-5-9(6-4-2)11(14)12-10(13)7-8-15-12/h7-9,11H,3-6,14H2,1-2H3. The molecule has 1 unspecified atom stereocenters. The van der Waals surface area contributed by atoms with Crippen LogP contribution in [0.4, 0.5) is 0 Å². The lowest BCUT2D eigenvalue weighted by Crippen LogP contribution is -2.21. The van der Waals surface area contributed by atoms with Gasteiger partial charge in [0.2, 0.25) is 0 Å². The third-order valence-corrected chi connectivity index (χ3v) is 3.43. The molecule has 0 aromatic carbocycles. The molecule has 86 valence electrons. The molecular weight excluding hydrogens is 254 g/mol. The van der Waals surface area contributed by atoms with Crippen molar-refractivity contribution in [2.45, 2.75) is 45.6 Å². The Hall–Kier alpha value is -0.280. The first-order valence-electron chi connectivity index (χ1n) is 5.69. The topological polar surface area (TPSA) is 39.2 Å². The average Bonchev–Trinajstić information content (AvgIpc) is 2.63. The maximum Gasteiger partial charge on any atom is 0.134 e. The fourth-order valence-electron chi connectivity index (χ4n) is 2.00. The zero-order valence-electron chi connectivity index (χ0n) is 9.50. The molecule has 0 fully saturated rings. The second-order valence-corrected chi connectivity index (χ2v) is 4.85. The summed E-state index contributed by atoms with van der Waals surface area (Å²) in [5.74, 6) is 1.42. The highest BCUT2D eigenvalue weighted by Gasteiger charge is 2.22. The van der Waals surface area contributed by atoms with Gasteiger partial charge >= 0.3 is 0 Å². The van der Waals surface area contributed by atoms with Gasteiger partial charge in [-0.1, -0.05) is 26.7 Å². The first-order valence-corrected chi connectivity index (χ1v) is 6.48. The molecule has 0 aliphatic heterocycles. The summed E-state index contributed by atoms with van der Waals surface area (Å²) in [6, 6.07) is 1.93. The lowest BCUT2D eigenvalue weighted by Gasteiger charge is -2.21. The molecule has 0 amide bonds. The Morgan fingerprint density at radius 2 is 1.93 bits per heavy atom. The molecule has 1 aromatic heterocycles. The van der Waals surface area contributed by atoms with Gasteiger partial charge in [0.25, 0.3) is 0 Å². The summed E-state index contributed by atoms with van der Waals surface area (Å²) >= 11 is 3.46. The number of hydrogen-bond donors (Lipinski definition) is 1. The van der Waals surface area contributed by atoms with Gasteiger partial charge in [-0.15, -0.1) is 0 Å². The maximum absolute atomic E-state index is 6.23. The Morgan fingerprint density at radius 1 is 1.33 bits per heavy atom. The summed E-state index contributed by atoms with van der Waals surface area (Å²) in [4.78, 5) is 0. The summed E-state index contributed by atoms with van der Waals surface area (Å²) in [5, 5.41) is 0. The fraction of sp³-hybridized carbons (Fsp3) is 0.667.